The summed E-state index contributed by atoms with van der Waals surface area (Å²) < 4.78 is 25.5. The van der Waals surface area contributed by atoms with Crippen LogP contribution >= 0.6 is 0 Å². The van der Waals surface area contributed by atoms with Gasteiger partial charge < -0.3 is 16.2 Å². The van der Waals surface area contributed by atoms with Crippen LogP contribution in [0, 0.1) is 0 Å². The fraction of sp³-hybridized carbons (Fsp3) is 0.500. The topological polar surface area (TPSA) is 104 Å². The van der Waals surface area contributed by atoms with E-state index in [2.05, 4.69) is 10.0 Å². The molecule has 0 aliphatic rings. The van der Waals surface area contributed by atoms with Crippen LogP contribution in [0.5, 0.6) is 0 Å². The number of benzene rings is 1. The molecule has 1 atom stereocenters. The number of anilines is 2. The first-order chi connectivity index (χ1) is 8.90. The van der Waals surface area contributed by atoms with Gasteiger partial charge in [0.25, 0.3) is 0 Å². The molecule has 0 fully saturated rings. The summed E-state index contributed by atoms with van der Waals surface area (Å²) in [5.74, 6) is 0. The van der Waals surface area contributed by atoms with Crippen molar-refractivity contribution in [3.05, 3.63) is 18.2 Å². The van der Waals surface area contributed by atoms with Crippen LogP contribution in [0.15, 0.2) is 23.1 Å². The number of aliphatic hydroxyl groups is 1. The fourth-order valence-electron chi connectivity index (χ4n) is 1.69. The van der Waals surface area contributed by atoms with Crippen molar-refractivity contribution >= 4 is 21.4 Å². The fourth-order valence-corrected chi connectivity index (χ4v) is 2.46. The van der Waals surface area contributed by atoms with Gasteiger partial charge in [-0.15, -0.1) is 0 Å². The lowest BCUT2D eigenvalue weighted by atomic mass is 10.1. The van der Waals surface area contributed by atoms with Crippen LogP contribution < -0.4 is 15.8 Å². The Hall–Kier alpha value is -1.31. The molecule has 0 aliphatic carbocycles. The Morgan fingerprint density at radius 2 is 2.11 bits per heavy atom. The summed E-state index contributed by atoms with van der Waals surface area (Å²) >= 11 is 0. The summed E-state index contributed by atoms with van der Waals surface area (Å²) in [5, 5.41) is 12.0. The average molecular weight is 287 g/mol. The highest BCUT2D eigenvalue weighted by atomic mass is 32.2. The predicted molar refractivity (Wildman–Crippen MR) is 76.5 cm³/mol. The molecule has 0 saturated carbocycles. The van der Waals surface area contributed by atoms with E-state index in [0.29, 0.717) is 17.8 Å². The van der Waals surface area contributed by atoms with Gasteiger partial charge in [0.15, 0.2) is 0 Å². The van der Waals surface area contributed by atoms with Crippen LogP contribution in [-0.2, 0) is 10.0 Å². The Morgan fingerprint density at radius 1 is 1.42 bits per heavy atom. The van der Waals surface area contributed by atoms with Gasteiger partial charge >= 0.3 is 0 Å². The molecule has 0 heterocycles. The van der Waals surface area contributed by atoms with E-state index in [1.54, 1.807) is 6.07 Å². The van der Waals surface area contributed by atoms with Gasteiger partial charge in [0, 0.05) is 12.6 Å². The lowest BCUT2D eigenvalue weighted by Crippen LogP contribution is -2.20. The Balaban J connectivity index is 2.84. The quantitative estimate of drug-likeness (QED) is 0.554. The van der Waals surface area contributed by atoms with Gasteiger partial charge in [0.05, 0.1) is 16.3 Å². The highest BCUT2D eigenvalue weighted by Gasteiger charge is 2.13. The standard InChI is InChI=1S/C12H21N3O3S/c1-9(4-3-7-16)15-12-6-5-10(8-11(12)13)19(17,18)14-2/h5-6,8-9,14-16H,3-4,7,13H2,1-2H3. The summed E-state index contributed by atoms with van der Waals surface area (Å²) in [4.78, 5) is 0.140. The van der Waals surface area contributed by atoms with Gasteiger partial charge in [0.2, 0.25) is 10.0 Å². The molecule has 0 aliphatic heterocycles. The molecule has 0 radical (unpaired) electrons. The van der Waals surface area contributed by atoms with Crippen molar-refractivity contribution in [2.45, 2.75) is 30.7 Å². The number of nitrogens with two attached hydrogens (primary N) is 1. The monoisotopic (exact) mass is 287 g/mol. The molecule has 1 aromatic carbocycles. The van der Waals surface area contributed by atoms with Crippen molar-refractivity contribution in [1.29, 1.82) is 0 Å². The van der Waals surface area contributed by atoms with Crippen LogP contribution in [-0.4, -0.2) is 33.2 Å². The minimum Gasteiger partial charge on any atom is -0.397 e. The summed E-state index contributed by atoms with van der Waals surface area (Å²) in [6.45, 7) is 2.13. The number of nitrogen functional groups attached to an aromatic ring is 1. The predicted octanol–water partition coefficient (Wildman–Crippen LogP) is 0.750. The second-order valence-corrected chi connectivity index (χ2v) is 6.25. The van der Waals surface area contributed by atoms with Gasteiger partial charge in [-0.1, -0.05) is 0 Å². The summed E-state index contributed by atoms with van der Waals surface area (Å²) in [7, 11) is -2.12. The third-order valence-electron chi connectivity index (χ3n) is 2.80. The van der Waals surface area contributed by atoms with E-state index in [-0.39, 0.29) is 17.5 Å². The van der Waals surface area contributed by atoms with Crippen molar-refractivity contribution in [3.63, 3.8) is 0 Å². The highest BCUT2D eigenvalue weighted by Crippen LogP contribution is 2.23. The van der Waals surface area contributed by atoms with Crippen molar-refractivity contribution in [3.8, 4) is 0 Å². The van der Waals surface area contributed by atoms with E-state index in [9.17, 15) is 8.42 Å². The molecule has 0 spiro atoms. The second-order valence-electron chi connectivity index (χ2n) is 4.37. The zero-order valence-electron chi connectivity index (χ0n) is 11.2. The van der Waals surface area contributed by atoms with Gasteiger partial charge in [-0.25, -0.2) is 13.1 Å². The molecule has 6 nitrogen and oxygen atoms in total. The smallest absolute Gasteiger partial charge is 0.240 e. The normalized spacial score (nSPS) is 13.2. The van der Waals surface area contributed by atoms with E-state index in [1.165, 1.54) is 19.2 Å². The average Bonchev–Trinajstić information content (AvgIpc) is 2.38. The molecule has 0 bridgehead atoms. The Bertz CT molecular complexity index is 517. The molecule has 0 saturated heterocycles. The third-order valence-corrected chi connectivity index (χ3v) is 4.21. The first kappa shape index (κ1) is 15.7. The van der Waals surface area contributed by atoms with Crippen molar-refractivity contribution in [2.75, 3.05) is 24.7 Å². The van der Waals surface area contributed by atoms with Crippen LogP contribution in [0.25, 0.3) is 0 Å². The molecular formula is C12H21N3O3S. The molecular weight excluding hydrogens is 266 g/mol. The summed E-state index contributed by atoms with van der Waals surface area (Å²) in [5.41, 5.74) is 6.92. The maximum absolute atomic E-state index is 11.6. The van der Waals surface area contributed by atoms with E-state index >= 15 is 0 Å². The molecule has 19 heavy (non-hydrogen) atoms. The second kappa shape index (κ2) is 6.74. The number of sulfonamides is 1. The van der Waals surface area contributed by atoms with Gasteiger partial charge in [-0.05, 0) is 45.0 Å². The number of hydrogen-bond acceptors (Lipinski definition) is 5. The van der Waals surface area contributed by atoms with Crippen LogP contribution in [0.3, 0.4) is 0 Å². The zero-order chi connectivity index (χ0) is 14.5. The van der Waals surface area contributed by atoms with Crippen LogP contribution in [0.1, 0.15) is 19.8 Å². The van der Waals surface area contributed by atoms with E-state index in [0.717, 1.165) is 6.42 Å². The molecule has 0 aromatic heterocycles. The molecule has 108 valence electrons. The van der Waals surface area contributed by atoms with Crippen LogP contribution in [0.4, 0.5) is 11.4 Å². The van der Waals surface area contributed by atoms with Gasteiger partial charge in [-0.3, -0.25) is 0 Å². The molecule has 5 N–H and O–H groups in total. The zero-order valence-corrected chi connectivity index (χ0v) is 12.0. The van der Waals surface area contributed by atoms with E-state index in [4.69, 9.17) is 10.8 Å². The summed E-state index contributed by atoms with van der Waals surface area (Å²) in [6, 6.07) is 4.73. The minimum atomic E-state index is -3.47. The Morgan fingerprint density at radius 3 is 2.63 bits per heavy atom. The molecule has 1 aromatic rings. The third kappa shape index (κ3) is 4.38. The Labute approximate surface area is 114 Å². The van der Waals surface area contributed by atoms with Crippen molar-refractivity contribution in [2.24, 2.45) is 0 Å². The summed E-state index contributed by atoms with van der Waals surface area (Å²) in [6.07, 6.45) is 1.52. The molecule has 0 amide bonds. The molecule has 1 unspecified atom stereocenters. The number of hydrogen-bond donors (Lipinski definition) is 4. The highest BCUT2D eigenvalue weighted by molar-refractivity contribution is 7.89. The number of aliphatic hydroxyl groups excluding tert-OH is 1. The van der Waals surface area contributed by atoms with Crippen molar-refractivity contribution < 1.29 is 13.5 Å². The first-order valence-electron chi connectivity index (χ1n) is 6.11. The van der Waals surface area contributed by atoms with Gasteiger partial charge in [0.1, 0.15) is 0 Å². The number of nitrogens with one attached hydrogen (secondary N) is 2. The minimum absolute atomic E-state index is 0.140. The Kier molecular flexibility index (Phi) is 5.59. The lowest BCUT2D eigenvalue weighted by molar-refractivity contribution is 0.282. The van der Waals surface area contributed by atoms with E-state index < -0.39 is 10.0 Å². The van der Waals surface area contributed by atoms with E-state index in [1.807, 2.05) is 6.92 Å². The SMILES string of the molecule is CNS(=O)(=O)c1ccc(NC(C)CCCO)c(N)c1. The van der Waals surface area contributed by atoms with Crippen LogP contribution in [0.2, 0.25) is 0 Å². The first-order valence-corrected chi connectivity index (χ1v) is 7.59. The van der Waals surface area contributed by atoms with Gasteiger partial charge in [-0.2, -0.15) is 0 Å². The molecule has 1 rings (SSSR count). The van der Waals surface area contributed by atoms with Crippen molar-refractivity contribution in [1.82, 2.24) is 4.72 Å². The maximum Gasteiger partial charge on any atom is 0.240 e. The molecule has 7 heteroatoms. The lowest BCUT2D eigenvalue weighted by Gasteiger charge is -2.17. The number of rotatable bonds is 7. The largest absolute Gasteiger partial charge is 0.397 e. The maximum atomic E-state index is 11.6.